The van der Waals surface area contributed by atoms with E-state index in [9.17, 15) is 9.90 Å². The fraction of sp³-hybridized carbons (Fsp3) is 0.192. The third kappa shape index (κ3) is 3.91. The van der Waals surface area contributed by atoms with Gasteiger partial charge in [-0.25, -0.2) is 4.79 Å². The Kier molecular flexibility index (Phi) is 5.70. The largest absolute Gasteiger partial charge is 0.489 e. The number of halogens is 2. The summed E-state index contributed by atoms with van der Waals surface area (Å²) in [5.41, 5.74) is 4.43. The van der Waals surface area contributed by atoms with Crippen LogP contribution in [-0.2, 0) is 6.61 Å². The van der Waals surface area contributed by atoms with Gasteiger partial charge in [0.2, 0.25) is 0 Å². The van der Waals surface area contributed by atoms with E-state index in [1.165, 1.54) is 5.56 Å². The smallest absolute Gasteiger partial charge is 0.335 e. The number of ether oxygens (including phenoxy) is 1. The van der Waals surface area contributed by atoms with Crippen molar-refractivity contribution in [2.24, 2.45) is 5.92 Å². The first-order chi connectivity index (χ1) is 15.5. The van der Waals surface area contributed by atoms with Crippen molar-refractivity contribution in [3.63, 3.8) is 0 Å². The molecule has 0 saturated heterocycles. The Morgan fingerprint density at radius 1 is 1.16 bits per heavy atom. The predicted molar refractivity (Wildman–Crippen MR) is 130 cm³/mol. The molecule has 4 nitrogen and oxygen atoms in total. The van der Waals surface area contributed by atoms with Crippen LogP contribution in [0.2, 0.25) is 5.02 Å². The van der Waals surface area contributed by atoms with Gasteiger partial charge < -0.3 is 15.2 Å². The van der Waals surface area contributed by atoms with Crippen molar-refractivity contribution < 1.29 is 14.6 Å². The van der Waals surface area contributed by atoms with Gasteiger partial charge in [0.15, 0.2) is 0 Å². The molecule has 0 fully saturated rings. The summed E-state index contributed by atoms with van der Waals surface area (Å²) >= 11 is 9.80. The van der Waals surface area contributed by atoms with Gasteiger partial charge in [-0.3, -0.25) is 0 Å². The van der Waals surface area contributed by atoms with Gasteiger partial charge >= 0.3 is 5.97 Å². The van der Waals surface area contributed by atoms with Crippen LogP contribution in [0.1, 0.15) is 45.4 Å². The molecule has 6 heteroatoms. The number of anilines is 1. The number of benzene rings is 3. The minimum absolute atomic E-state index is 0.118. The van der Waals surface area contributed by atoms with Crippen LogP contribution >= 0.6 is 27.5 Å². The van der Waals surface area contributed by atoms with E-state index in [4.69, 9.17) is 16.3 Å². The van der Waals surface area contributed by atoms with Crippen molar-refractivity contribution in [1.29, 1.82) is 0 Å². The van der Waals surface area contributed by atoms with E-state index in [0.29, 0.717) is 23.1 Å². The fourth-order valence-corrected chi connectivity index (χ4v) is 5.44. The van der Waals surface area contributed by atoms with Gasteiger partial charge in [-0.15, -0.1) is 0 Å². The highest BCUT2D eigenvalue weighted by atomic mass is 79.9. The number of carbonyl (C=O) groups is 1. The topological polar surface area (TPSA) is 58.6 Å². The summed E-state index contributed by atoms with van der Waals surface area (Å²) < 4.78 is 6.71. The van der Waals surface area contributed by atoms with Crippen LogP contribution in [0.15, 0.2) is 77.3 Å². The number of allylic oxidation sites excluding steroid dienone is 2. The van der Waals surface area contributed by atoms with E-state index in [-0.39, 0.29) is 12.0 Å². The maximum absolute atomic E-state index is 11.5. The maximum atomic E-state index is 11.5. The highest BCUT2D eigenvalue weighted by Crippen LogP contribution is 2.52. The Bertz CT molecular complexity index is 1210. The molecule has 1 aliphatic heterocycles. The highest BCUT2D eigenvalue weighted by molar-refractivity contribution is 9.10. The second-order valence-corrected chi connectivity index (χ2v) is 9.41. The van der Waals surface area contributed by atoms with Crippen LogP contribution < -0.4 is 10.1 Å². The lowest BCUT2D eigenvalue weighted by atomic mass is 9.76. The molecule has 0 radical (unpaired) electrons. The zero-order chi connectivity index (χ0) is 22.2. The molecule has 2 N–H and O–H groups in total. The maximum Gasteiger partial charge on any atom is 0.335 e. The van der Waals surface area contributed by atoms with Crippen molar-refractivity contribution in [2.45, 2.75) is 25.0 Å². The third-order valence-corrected chi connectivity index (χ3v) is 7.25. The van der Waals surface area contributed by atoms with Gasteiger partial charge in [0.05, 0.1) is 17.3 Å². The normalized spacial score (nSPS) is 20.9. The number of nitrogens with one attached hydrogen (secondary N) is 1. The van der Waals surface area contributed by atoms with Crippen LogP contribution in [0.4, 0.5) is 5.69 Å². The third-order valence-electron chi connectivity index (χ3n) is 6.26. The molecule has 0 bridgehead atoms. The predicted octanol–water partition coefficient (Wildman–Crippen LogP) is 7.21. The first kappa shape index (κ1) is 21.1. The van der Waals surface area contributed by atoms with Gasteiger partial charge in [0, 0.05) is 21.0 Å². The molecule has 3 aromatic carbocycles. The molecule has 1 heterocycles. The highest BCUT2D eigenvalue weighted by Gasteiger charge is 2.39. The number of carboxylic acid groups (broad SMARTS) is 1. The average Bonchev–Trinajstić information content (AvgIpc) is 3.29. The lowest BCUT2D eigenvalue weighted by Crippen LogP contribution is -2.29. The number of rotatable bonds is 5. The lowest BCUT2D eigenvalue weighted by Gasteiger charge is -2.38. The average molecular weight is 511 g/mol. The summed E-state index contributed by atoms with van der Waals surface area (Å²) in [6.07, 6.45) is 5.35. The number of hydrogen-bond acceptors (Lipinski definition) is 3. The summed E-state index contributed by atoms with van der Waals surface area (Å²) in [5, 5.41) is 13.8. The number of hydrogen-bond donors (Lipinski definition) is 2. The number of carboxylic acids is 1. The molecule has 0 spiro atoms. The van der Waals surface area contributed by atoms with E-state index in [1.807, 2.05) is 36.4 Å². The summed E-state index contributed by atoms with van der Waals surface area (Å²) in [5.74, 6) is 0.385. The minimum atomic E-state index is -0.915. The Morgan fingerprint density at radius 2 is 1.94 bits per heavy atom. The second kappa shape index (κ2) is 8.64. The van der Waals surface area contributed by atoms with Crippen LogP contribution in [0.5, 0.6) is 5.75 Å². The van der Waals surface area contributed by atoms with Gasteiger partial charge in [0.25, 0.3) is 0 Å². The quantitative estimate of drug-likeness (QED) is 0.356. The molecule has 0 aromatic heterocycles. The van der Waals surface area contributed by atoms with E-state index in [2.05, 4.69) is 45.5 Å². The molecule has 3 aromatic rings. The molecule has 32 heavy (non-hydrogen) atoms. The molecule has 5 rings (SSSR count). The molecule has 0 saturated carbocycles. The summed E-state index contributed by atoms with van der Waals surface area (Å²) in [4.78, 5) is 11.5. The molecular formula is C26H21BrClNO3. The fourth-order valence-electron chi connectivity index (χ4n) is 4.66. The molecular weight excluding hydrogens is 490 g/mol. The van der Waals surface area contributed by atoms with E-state index < -0.39 is 5.97 Å². The lowest BCUT2D eigenvalue weighted by molar-refractivity contribution is 0.0696. The van der Waals surface area contributed by atoms with Crippen LogP contribution in [-0.4, -0.2) is 11.1 Å². The Hall–Kier alpha value is -2.76. The van der Waals surface area contributed by atoms with Crippen molar-refractivity contribution in [1.82, 2.24) is 0 Å². The Labute approximate surface area is 200 Å². The zero-order valence-corrected chi connectivity index (χ0v) is 19.4. The van der Waals surface area contributed by atoms with Gasteiger partial charge in [-0.1, -0.05) is 54.1 Å². The minimum Gasteiger partial charge on any atom is -0.489 e. The van der Waals surface area contributed by atoms with Gasteiger partial charge in [-0.2, -0.15) is 0 Å². The monoisotopic (exact) mass is 509 g/mol. The molecule has 0 unspecified atom stereocenters. The molecule has 162 valence electrons. The second-order valence-electron chi connectivity index (χ2n) is 8.15. The van der Waals surface area contributed by atoms with Crippen molar-refractivity contribution in [2.75, 3.05) is 5.32 Å². The molecule has 1 aliphatic carbocycles. The first-order valence-electron chi connectivity index (χ1n) is 10.5. The van der Waals surface area contributed by atoms with Crippen LogP contribution in [0, 0.1) is 5.92 Å². The van der Waals surface area contributed by atoms with Gasteiger partial charge in [-0.05, 0) is 69.7 Å². The van der Waals surface area contributed by atoms with Gasteiger partial charge in [0.1, 0.15) is 12.4 Å². The molecule has 2 aliphatic rings. The summed E-state index contributed by atoms with van der Waals surface area (Å²) in [6.45, 7) is 0.418. The Morgan fingerprint density at radius 3 is 2.69 bits per heavy atom. The zero-order valence-electron chi connectivity index (χ0n) is 17.1. The van der Waals surface area contributed by atoms with E-state index in [1.54, 1.807) is 12.1 Å². The molecule has 0 amide bonds. The number of aromatic carboxylic acids is 1. The standard InChI is InChI=1S/C26H21BrClNO3/c27-22-13-17(26(30)31)12-21-19-5-3-6-20(19)24(29-25(21)22)15-8-10-18(11-9-15)32-14-16-4-1-2-7-23(16)28/h1-5,7-13,19-20,24,29H,6,14H2,(H,30,31)/t19-,20+,24+/m1/s1. The summed E-state index contributed by atoms with van der Waals surface area (Å²) in [7, 11) is 0. The van der Waals surface area contributed by atoms with Crippen molar-refractivity contribution in [3.05, 3.63) is 105 Å². The van der Waals surface area contributed by atoms with Crippen molar-refractivity contribution in [3.8, 4) is 5.75 Å². The SMILES string of the molecule is O=C(O)c1cc(Br)c2c(c1)[C@@H]1C=CC[C@@H]1[C@H](c1ccc(OCc3ccccc3Cl)cc1)N2. The molecule has 3 atom stereocenters. The Balaban J connectivity index is 1.38. The number of fused-ring (bicyclic) bond motifs is 3. The van der Waals surface area contributed by atoms with E-state index >= 15 is 0 Å². The van der Waals surface area contributed by atoms with E-state index in [0.717, 1.165) is 33.5 Å². The summed E-state index contributed by atoms with van der Waals surface area (Å²) in [6, 6.07) is 19.4. The van der Waals surface area contributed by atoms with Crippen LogP contribution in [0.3, 0.4) is 0 Å². The first-order valence-corrected chi connectivity index (χ1v) is 11.6. The van der Waals surface area contributed by atoms with Crippen LogP contribution in [0.25, 0.3) is 0 Å². The van der Waals surface area contributed by atoms with Crippen molar-refractivity contribution >= 4 is 39.2 Å².